The molecule has 1 amide bonds. The molecule has 0 aliphatic carbocycles. The second kappa shape index (κ2) is 6.32. The van der Waals surface area contributed by atoms with Gasteiger partial charge in [-0.2, -0.15) is 0 Å². The van der Waals surface area contributed by atoms with Crippen LogP contribution in [0.15, 0.2) is 54.6 Å². The van der Waals surface area contributed by atoms with Gasteiger partial charge in [0.15, 0.2) is 0 Å². The number of hydrogen-bond donors (Lipinski definition) is 0. The maximum absolute atomic E-state index is 12.6. The molecule has 2 atom stereocenters. The third-order valence-corrected chi connectivity index (χ3v) is 4.49. The largest absolute Gasteiger partial charge is 0.337 e. The molecule has 4 heteroatoms. The Bertz CT molecular complexity index is 686. The number of carbonyl (C=O) groups excluding carboxylic acids is 2. The molecule has 0 aromatic heterocycles. The Morgan fingerprint density at radius 2 is 1.73 bits per heavy atom. The number of amides is 1. The molecule has 1 saturated heterocycles. The van der Waals surface area contributed by atoms with Gasteiger partial charge in [0, 0.05) is 24.9 Å². The summed E-state index contributed by atoms with van der Waals surface area (Å²) < 4.78 is 0. The highest BCUT2D eigenvalue weighted by atomic mass is 35.5. The molecule has 0 saturated carbocycles. The van der Waals surface area contributed by atoms with E-state index in [0.29, 0.717) is 23.7 Å². The third kappa shape index (κ3) is 2.77. The summed E-state index contributed by atoms with van der Waals surface area (Å²) in [6.07, 6.45) is 0.956. The lowest BCUT2D eigenvalue weighted by molar-refractivity contribution is -0.111. The number of halogens is 1. The van der Waals surface area contributed by atoms with Gasteiger partial charge < -0.3 is 9.69 Å². The molecule has 2 aromatic rings. The third-order valence-electron chi connectivity index (χ3n) is 4.16. The fourth-order valence-corrected chi connectivity index (χ4v) is 3.21. The summed E-state index contributed by atoms with van der Waals surface area (Å²) in [7, 11) is 0. The average molecular weight is 314 g/mol. The minimum absolute atomic E-state index is 0.0464. The zero-order valence-electron chi connectivity index (χ0n) is 12.0. The van der Waals surface area contributed by atoms with Crippen molar-refractivity contribution in [3.63, 3.8) is 0 Å². The van der Waals surface area contributed by atoms with Crippen LogP contribution in [0, 0.1) is 5.92 Å². The summed E-state index contributed by atoms with van der Waals surface area (Å²) in [6.45, 7) is 0.977. The molecule has 3 rings (SSSR count). The van der Waals surface area contributed by atoms with Crippen LogP contribution < -0.4 is 0 Å². The van der Waals surface area contributed by atoms with Crippen molar-refractivity contribution in [3.8, 4) is 0 Å². The van der Waals surface area contributed by atoms with E-state index >= 15 is 0 Å². The molecule has 22 heavy (non-hydrogen) atoms. The first-order valence-electron chi connectivity index (χ1n) is 7.24. The summed E-state index contributed by atoms with van der Waals surface area (Å²) >= 11 is 6.10. The molecule has 1 aliphatic rings. The SMILES string of the molecule is O=CC1CN(C(=O)c2ccccc2Cl)CC1c1ccccc1. The van der Waals surface area contributed by atoms with Crippen LogP contribution in [0.25, 0.3) is 0 Å². The van der Waals surface area contributed by atoms with Gasteiger partial charge in [0.1, 0.15) is 6.29 Å². The Kier molecular flexibility index (Phi) is 4.25. The van der Waals surface area contributed by atoms with E-state index in [4.69, 9.17) is 11.6 Å². The van der Waals surface area contributed by atoms with Crippen LogP contribution in [-0.2, 0) is 4.79 Å². The van der Waals surface area contributed by atoms with Crippen molar-refractivity contribution in [1.82, 2.24) is 4.90 Å². The Morgan fingerprint density at radius 3 is 2.41 bits per heavy atom. The van der Waals surface area contributed by atoms with Gasteiger partial charge in [-0.1, -0.05) is 54.1 Å². The van der Waals surface area contributed by atoms with Gasteiger partial charge in [-0.05, 0) is 17.7 Å². The first-order chi connectivity index (χ1) is 10.7. The number of benzene rings is 2. The zero-order valence-corrected chi connectivity index (χ0v) is 12.7. The molecule has 1 aliphatic heterocycles. The van der Waals surface area contributed by atoms with E-state index in [-0.39, 0.29) is 17.7 Å². The van der Waals surface area contributed by atoms with Crippen molar-refractivity contribution in [2.45, 2.75) is 5.92 Å². The van der Waals surface area contributed by atoms with Crippen molar-refractivity contribution in [2.24, 2.45) is 5.92 Å². The van der Waals surface area contributed by atoms with E-state index in [9.17, 15) is 9.59 Å². The van der Waals surface area contributed by atoms with Gasteiger partial charge in [0.05, 0.1) is 10.6 Å². The highest BCUT2D eigenvalue weighted by Gasteiger charge is 2.36. The molecular formula is C18H16ClNO2. The van der Waals surface area contributed by atoms with Crippen LogP contribution in [0.2, 0.25) is 5.02 Å². The molecule has 3 nitrogen and oxygen atoms in total. The van der Waals surface area contributed by atoms with Crippen molar-refractivity contribution in [1.29, 1.82) is 0 Å². The Morgan fingerprint density at radius 1 is 1.05 bits per heavy atom. The summed E-state index contributed by atoms with van der Waals surface area (Å²) in [6, 6.07) is 16.9. The van der Waals surface area contributed by atoms with Crippen LogP contribution in [-0.4, -0.2) is 30.2 Å². The molecule has 112 valence electrons. The smallest absolute Gasteiger partial charge is 0.255 e. The molecule has 0 bridgehead atoms. The molecular weight excluding hydrogens is 298 g/mol. The minimum atomic E-state index is -0.172. The lowest BCUT2D eigenvalue weighted by atomic mass is 9.90. The molecule has 1 fully saturated rings. The molecule has 0 spiro atoms. The van der Waals surface area contributed by atoms with Crippen LogP contribution >= 0.6 is 11.6 Å². The second-order valence-corrected chi connectivity index (χ2v) is 5.91. The number of likely N-dealkylation sites (tertiary alicyclic amines) is 1. The van der Waals surface area contributed by atoms with E-state index < -0.39 is 0 Å². The zero-order chi connectivity index (χ0) is 15.5. The van der Waals surface area contributed by atoms with Crippen LogP contribution in [0.5, 0.6) is 0 Å². The van der Waals surface area contributed by atoms with Crippen LogP contribution in [0.4, 0.5) is 0 Å². The predicted molar refractivity (Wildman–Crippen MR) is 86.1 cm³/mol. The summed E-state index contributed by atoms with van der Waals surface area (Å²) in [5.74, 6) is -0.241. The molecule has 2 unspecified atom stereocenters. The maximum atomic E-state index is 12.6. The Labute approximate surface area is 134 Å². The van der Waals surface area contributed by atoms with E-state index in [0.717, 1.165) is 11.8 Å². The monoisotopic (exact) mass is 313 g/mol. The number of carbonyl (C=O) groups is 2. The summed E-state index contributed by atoms with van der Waals surface area (Å²) in [5, 5.41) is 0.443. The van der Waals surface area contributed by atoms with E-state index in [2.05, 4.69) is 0 Å². The summed E-state index contributed by atoms with van der Waals surface area (Å²) in [5.41, 5.74) is 1.58. The fourth-order valence-electron chi connectivity index (χ4n) is 2.99. The number of aldehydes is 1. The van der Waals surface area contributed by atoms with Crippen molar-refractivity contribution >= 4 is 23.8 Å². The van der Waals surface area contributed by atoms with Crippen LogP contribution in [0.3, 0.4) is 0 Å². The highest BCUT2D eigenvalue weighted by molar-refractivity contribution is 6.33. The van der Waals surface area contributed by atoms with Crippen molar-refractivity contribution in [3.05, 3.63) is 70.7 Å². The van der Waals surface area contributed by atoms with Gasteiger partial charge in [-0.3, -0.25) is 4.79 Å². The topological polar surface area (TPSA) is 37.4 Å². The quantitative estimate of drug-likeness (QED) is 0.815. The van der Waals surface area contributed by atoms with E-state index in [1.54, 1.807) is 29.2 Å². The van der Waals surface area contributed by atoms with Gasteiger partial charge in [0.2, 0.25) is 0 Å². The lowest BCUT2D eigenvalue weighted by Gasteiger charge is -2.17. The van der Waals surface area contributed by atoms with E-state index in [1.807, 2.05) is 30.3 Å². The van der Waals surface area contributed by atoms with Crippen LogP contribution in [0.1, 0.15) is 21.8 Å². The Balaban J connectivity index is 1.84. The molecule has 1 heterocycles. The molecule has 0 radical (unpaired) electrons. The molecule has 2 aromatic carbocycles. The van der Waals surface area contributed by atoms with Gasteiger partial charge in [-0.25, -0.2) is 0 Å². The summed E-state index contributed by atoms with van der Waals surface area (Å²) in [4.78, 5) is 25.8. The Hall–Kier alpha value is -2.13. The standard InChI is InChI=1S/C18H16ClNO2/c19-17-9-5-4-8-15(17)18(22)20-10-14(12-21)16(11-20)13-6-2-1-3-7-13/h1-9,12,14,16H,10-11H2. The van der Waals surface area contributed by atoms with E-state index in [1.165, 1.54) is 0 Å². The first-order valence-corrected chi connectivity index (χ1v) is 7.62. The highest BCUT2D eigenvalue weighted by Crippen LogP contribution is 2.32. The average Bonchev–Trinajstić information content (AvgIpc) is 3.00. The van der Waals surface area contributed by atoms with Crippen molar-refractivity contribution in [2.75, 3.05) is 13.1 Å². The predicted octanol–water partition coefficient (Wildman–Crippen LogP) is 3.39. The first kappa shape index (κ1) is 14.8. The van der Waals surface area contributed by atoms with Gasteiger partial charge in [0.25, 0.3) is 5.91 Å². The van der Waals surface area contributed by atoms with Crippen molar-refractivity contribution < 1.29 is 9.59 Å². The molecule has 0 N–H and O–H groups in total. The maximum Gasteiger partial charge on any atom is 0.255 e. The minimum Gasteiger partial charge on any atom is -0.337 e. The number of hydrogen-bond acceptors (Lipinski definition) is 2. The normalized spacial score (nSPS) is 20.9. The number of nitrogens with zero attached hydrogens (tertiary/aromatic N) is 1. The number of rotatable bonds is 3. The fraction of sp³-hybridized carbons (Fsp3) is 0.222. The second-order valence-electron chi connectivity index (χ2n) is 5.51. The lowest BCUT2D eigenvalue weighted by Crippen LogP contribution is -2.29. The van der Waals surface area contributed by atoms with Gasteiger partial charge in [-0.15, -0.1) is 0 Å². The van der Waals surface area contributed by atoms with Gasteiger partial charge >= 0.3 is 0 Å².